The van der Waals surface area contributed by atoms with Crippen LogP contribution < -0.4 is 0 Å². The van der Waals surface area contributed by atoms with Crippen LogP contribution in [0.25, 0.3) is 0 Å². The molecule has 7 heteroatoms. The highest BCUT2D eigenvalue weighted by molar-refractivity contribution is 7.91. The first-order chi connectivity index (χ1) is 10.6. The Morgan fingerprint density at radius 2 is 1.91 bits per heavy atom. The Bertz CT molecular complexity index is 641. The van der Waals surface area contributed by atoms with Crippen LogP contribution in [0.2, 0.25) is 0 Å². The van der Waals surface area contributed by atoms with Gasteiger partial charge < -0.3 is 4.90 Å². The van der Waals surface area contributed by atoms with Crippen LogP contribution in [0.5, 0.6) is 0 Å². The second kappa shape index (κ2) is 6.81. The molecule has 1 fully saturated rings. The molecule has 1 heterocycles. The van der Waals surface area contributed by atoms with Gasteiger partial charge in [0.2, 0.25) is 0 Å². The summed E-state index contributed by atoms with van der Waals surface area (Å²) in [5.74, 6) is -0.360. The molecule has 1 aromatic rings. The van der Waals surface area contributed by atoms with Gasteiger partial charge in [0.1, 0.15) is 0 Å². The Morgan fingerprint density at radius 3 is 2.52 bits per heavy atom. The third-order valence-electron chi connectivity index (χ3n) is 4.26. The molecule has 1 aliphatic heterocycles. The lowest BCUT2D eigenvalue weighted by Gasteiger charge is -2.35. The van der Waals surface area contributed by atoms with Crippen molar-refractivity contribution in [1.82, 2.24) is 4.90 Å². The van der Waals surface area contributed by atoms with Crippen LogP contribution in [0, 0.1) is 5.92 Å². The topological polar surface area (TPSA) is 37.4 Å². The van der Waals surface area contributed by atoms with Crippen molar-refractivity contribution >= 4 is 9.84 Å². The summed E-state index contributed by atoms with van der Waals surface area (Å²) in [6, 6.07) is 4.74. The van der Waals surface area contributed by atoms with E-state index >= 15 is 0 Å². The van der Waals surface area contributed by atoms with Gasteiger partial charge in [0.15, 0.2) is 9.84 Å². The highest BCUT2D eigenvalue weighted by Crippen LogP contribution is 2.35. The Kier molecular flexibility index (Phi) is 5.41. The maximum Gasteiger partial charge on any atom is 0.417 e. The second-order valence-electron chi connectivity index (χ2n) is 6.37. The van der Waals surface area contributed by atoms with Crippen LogP contribution in [-0.4, -0.2) is 38.2 Å². The van der Waals surface area contributed by atoms with Crippen molar-refractivity contribution in [3.05, 3.63) is 29.8 Å². The normalized spacial score (nSPS) is 20.9. The summed E-state index contributed by atoms with van der Waals surface area (Å²) in [5.41, 5.74) is -1.07. The zero-order valence-electron chi connectivity index (χ0n) is 13.3. The Balaban J connectivity index is 2.23. The molecule has 0 radical (unpaired) electrons. The van der Waals surface area contributed by atoms with Crippen LogP contribution in [0.1, 0.15) is 32.3 Å². The van der Waals surface area contributed by atoms with E-state index in [4.69, 9.17) is 0 Å². The second-order valence-corrected chi connectivity index (χ2v) is 8.37. The van der Waals surface area contributed by atoms with Crippen molar-refractivity contribution in [1.29, 1.82) is 0 Å². The van der Waals surface area contributed by atoms with Crippen molar-refractivity contribution in [2.24, 2.45) is 5.92 Å². The minimum Gasteiger partial charge on any atom is -0.301 e. The SMILES string of the molecule is CC(C)N1CCC[C@@H](CS(=O)(=O)c2ccccc2C(F)(F)F)C1. The van der Waals surface area contributed by atoms with E-state index in [0.29, 0.717) is 12.6 Å². The van der Waals surface area contributed by atoms with Crippen LogP contribution in [0.4, 0.5) is 13.2 Å². The fraction of sp³-hybridized carbons (Fsp3) is 0.625. The van der Waals surface area contributed by atoms with Gasteiger partial charge in [0.25, 0.3) is 0 Å². The highest BCUT2D eigenvalue weighted by atomic mass is 32.2. The number of likely N-dealkylation sites (tertiary alicyclic amines) is 1. The van der Waals surface area contributed by atoms with Crippen LogP contribution in [0.15, 0.2) is 29.2 Å². The molecule has 3 nitrogen and oxygen atoms in total. The monoisotopic (exact) mass is 349 g/mol. The van der Waals surface area contributed by atoms with Gasteiger partial charge >= 0.3 is 6.18 Å². The van der Waals surface area contributed by atoms with E-state index in [1.54, 1.807) is 0 Å². The van der Waals surface area contributed by atoms with Crippen molar-refractivity contribution < 1.29 is 21.6 Å². The molecule has 0 spiro atoms. The highest BCUT2D eigenvalue weighted by Gasteiger charge is 2.37. The minimum absolute atomic E-state index is 0.127. The van der Waals surface area contributed by atoms with Crippen molar-refractivity contribution in [2.75, 3.05) is 18.8 Å². The number of nitrogens with zero attached hydrogens (tertiary/aromatic N) is 1. The van der Waals surface area contributed by atoms with Gasteiger partial charge in [-0.2, -0.15) is 13.2 Å². The summed E-state index contributed by atoms with van der Waals surface area (Å²) in [7, 11) is -3.97. The number of hydrogen-bond acceptors (Lipinski definition) is 3. The molecular formula is C16H22F3NO2S. The summed E-state index contributed by atoms with van der Waals surface area (Å²) in [5, 5.41) is 0. The molecular weight excluding hydrogens is 327 g/mol. The molecule has 0 aromatic heterocycles. The standard InChI is InChI=1S/C16H22F3NO2S/c1-12(2)20-9-5-6-13(10-20)11-23(21,22)15-8-4-3-7-14(15)16(17,18)19/h3-4,7-8,12-13H,5-6,9-11H2,1-2H3/t13-/m1/s1. The molecule has 1 atom stereocenters. The van der Waals surface area contributed by atoms with Gasteiger partial charge in [-0.3, -0.25) is 0 Å². The van der Waals surface area contributed by atoms with Gasteiger partial charge in [0, 0.05) is 12.6 Å². The van der Waals surface area contributed by atoms with Crippen LogP contribution in [0.3, 0.4) is 0 Å². The van der Waals surface area contributed by atoms with E-state index in [2.05, 4.69) is 4.90 Å². The number of rotatable bonds is 4. The van der Waals surface area contributed by atoms with E-state index in [1.165, 1.54) is 12.1 Å². The van der Waals surface area contributed by atoms with Crippen molar-refractivity contribution in [3.63, 3.8) is 0 Å². The molecule has 1 aliphatic rings. The van der Waals surface area contributed by atoms with Crippen LogP contribution in [-0.2, 0) is 16.0 Å². The molecule has 1 aromatic carbocycles. The quantitative estimate of drug-likeness (QED) is 0.833. The van der Waals surface area contributed by atoms with Crippen LogP contribution >= 0.6 is 0 Å². The lowest BCUT2D eigenvalue weighted by atomic mass is 9.99. The Hall–Kier alpha value is -1.08. The summed E-state index contributed by atoms with van der Waals surface area (Å²) in [6.07, 6.45) is -3.06. The first-order valence-corrected chi connectivity index (χ1v) is 9.39. The molecule has 0 saturated carbocycles. The lowest BCUT2D eigenvalue weighted by molar-refractivity contribution is -0.139. The van der Waals surface area contributed by atoms with E-state index in [0.717, 1.165) is 31.5 Å². The first kappa shape index (κ1) is 18.3. The largest absolute Gasteiger partial charge is 0.417 e. The number of sulfone groups is 1. The Labute approximate surface area is 135 Å². The summed E-state index contributed by atoms with van der Waals surface area (Å²) < 4.78 is 64.2. The molecule has 1 saturated heterocycles. The number of halogens is 3. The average Bonchev–Trinajstić information content (AvgIpc) is 2.46. The first-order valence-electron chi connectivity index (χ1n) is 7.74. The molecule has 2 rings (SSSR count). The minimum atomic E-state index is -4.67. The molecule has 0 unspecified atom stereocenters. The Morgan fingerprint density at radius 1 is 1.26 bits per heavy atom. The van der Waals surface area contributed by atoms with E-state index in [1.807, 2.05) is 13.8 Å². The number of alkyl halides is 3. The molecule has 0 N–H and O–H groups in total. The predicted molar refractivity (Wildman–Crippen MR) is 82.9 cm³/mol. The van der Waals surface area contributed by atoms with Gasteiger partial charge in [-0.05, 0) is 51.3 Å². The molecule has 0 amide bonds. The van der Waals surface area contributed by atoms with E-state index in [9.17, 15) is 21.6 Å². The number of hydrogen-bond donors (Lipinski definition) is 0. The van der Waals surface area contributed by atoms with E-state index in [-0.39, 0.29) is 11.7 Å². The van der Waals surface area contributed by atoms with Gasteiger partial charge in [-0.1, -0.05) is 12.1 Å². The van der Waals surface area contributed by atoms with E-state index < -0.39 is 26.5 Å². The summed E-state index contributed by atoms with van der Waals surface area (Å²) in [6.45, 7) is 5.60. The number of benzene rings is 1. The smallest absolute Gasteiger partial charge is 0.301 e. The third kappa shape index (κ3) is 4.47. The van der Waals surface area contributed by atoms with Crippen molar-refractivity contribution in [2.45, 2.75) is 43.8 Å². The molecule has 130 valence electrons. The summed E-state index contributed by atoms with van der Waals surface area (Å²) in [4.78, 5) is 1.58. The lowest BCUT2D eigenvalue weighted by Crippen LogP contribution is -2.42. The third-order valence-corrected chi connectivity index (χ3v) is 6.20. The molecule has 0 aliphatic carbocycles. The van der Waals surface area contributed by atoms with Gasteiger partial charge in [-0.15, -0.1) is 0 Å². The average molecular weight is 349 g/mol. The zero-order valence-corrected chi connectivity index (χ0v) is 14.1. The van der Waals surface area contributed by atoms with Gasteiger partial charge in [0.05, 0.1) is 16.2 Å². The number of piperidine rings is 1. The maximum absolute atomic E-state index is 13.1. The fourth-order valence-electron chi connectivity index (χ4n) is 3.07. The van der Waals surface area contributed by atoms with Crippen molar-refractivity contribution in [3.8, 4) is 0 Å². The molecule has 0 bridgehead atoms. The zero-order chi connectivity index (χ0) is 17.3. The summed E-state index contributed by atoms with van der Waals surface area (Å²) >= 11 is 0. The van der Waals surface area contributed by atoms with Gasteiger partial charge in [-0.25, -0.2) is 8.42 Å². The fourth-order valence-corrected chi connectivity index (χ4v) is 4.95. The molecule has 23 heavy (non-hydrogen) atoms. The predicted octanol–water partition coefficient (Wildman–Crippen LogP) is 3.60. The maximum atomic E-state index is 13.1.